The smallest absolute Gasteiger partial charge is 0.465 e. The molecule has 0 saturated heterocycles. The lowest BCUT2D eigenvalue weighted by molar-refractivity contribution is -0.147. The zero-order valence-corrected chi connectivity index (χ0v) is 37.6. The minimum absolute atomic E-state index is 0.0139. The van der Waals surface area contributed by atoms with E-state index in [1.54, 1.807) is 0 Å². The first-order valence-electron chi connectivity index (χ1n) is 24.1. The molecule has 7 nitrogen and oxygen atoms in total. The number of carbonyl (C=O) groups excluding carboxylic acids is 2. The van der Waals surface area contributed by atoms with Crippen LogP contribution < -0.4 is 0 Å². The van der Waals surface area contributed by atoms with Crippen molar-refractivity contribution in [3.63, 3.8) is 0 Å². The summed E-state index contributed by atoms with van der Waals surface area (Å²) in [6, 6.07) is 0. The summed E-state index contributed by atoms with van der Waals surface area (Å²) in [5, 5.41) is 9.31. The van der Waals surface area contributed by atoms with Gasteiger partial charge in [0.25, 0.3) is 0 Å². The first kappa shape index (κ1) is 53.7. The maximum atomic E-state index is 12.4. The summed E-state index contributed by atoms with van der Waals surface area (Å²) in [5.41, 5.74) is 0.0139. The van der Waals surface area contributed by atoms with Crippen molar-refractivity contribution in [3.8, 4) is 0 Å². The lowest BCUT2D eigenvalue weighted by atomic mass is 9.88. The van der Waals surface area contributed by atoms with Crippen LogP contribution in [0.5, 0.6) is 0 Å². The Balaban J connectivity index is 4.22. The maximum absolute atomic E-state index is 12.4. The fourth-order valence-electron chi connectivity index (χ4n) is 7.46. The van der Waals surface area contributed by atoms with Gasteiger partial charge in [0.1, 0.15) is 0 Å². The van der Waals surface area contributed by atoms with E-state index >= 15 is 0 Å². The van der Waals surface area contributed by atoms with Gasteiger partial charge in [-0.15, -0.1) is 0 Å². The highest BCUT2D eigenvalue weighted by Crippen LogP contribution is 2.25. The van der Waals surface area contributed by atoms with Crippen molar-refractivity contribution in [2.24, 2.45) is 11.3 Å². The minimum Gasteiger partial charge on any atom is -0.465 e. The molecule has 0 aromatic heterocycles. The molecular weight excluding hydrogens is 687 g/mol. The van der Waals surface area contributed by atoms with Gasteiger partial charge in [-0.05, 0) is 88.8 Å². The molecule has 0 aliphatic heterocycles. The highest BCUT2D eigenvalue weighted by molar-refractivity contribution is 5.69. The minimum atomic E-state index is -0.492. The van der Waals surface area contributed by atoms with Crippen molar-refractivity contribution >= 4 is 12.1 Å². The van der Waals surface area contributed by atoms with Gasteiger partial charge in [-0.1, -0.05) is 176 Å². The number of ether oxygens (including phenoxy) is 3. The molecule has 0 fully saturated rings. The Hall–Kier alpha value is -1.34. The number of hydrogen-bond acceptors (Lipinski definition) is 7. The molecule has 0 radical (unpaired) electrons. The normalized spacial score (nSPS) is 11.9. The summed E-state index contributed by atoms with van der Waals surface area (Å²) < 4.78 is 16.7. The van der Waals surface area contributed by atoms with E-state index in [1.807, 2.05) is 0 Å². The van der Waals surface area contributed by atoms with E-state index in [9.17, 15) is 14.7 Å². The van der Waals surface area contributed by atoms with Gasteiger partial charge in [-0.3, -0.25) is 4.79 Å². The van der Waals surface area contributed by atoms with Crippen LogP contribution in [0.2, 0.25) is 0 Å². The molecule has 0 atom stereocenters. The summed E-state index contributed by atoms with van der Waals surface area (Å²) in [7, 11) is 0. The monoisotopic (exact) mass is 782 g/mol. The first-order valence-corrected chi connectivity index (χ1v) is 24.1. The van der Waals surface area contributed by atoms with Crippen LogP contribution in [0.1, 0.15) is 240 Å². The van der Waals surface area contributed by atoms with Gasteiger partial charge in [0.2, 0.25) is 0 Å². The average Bonchev–Trinajstić information content (AvgIpc) is 3.17. The summed E-state index contributed by atoms with van der Waals surface area (Å²) in [6.07, 6.45) is 37.1. The summed E-state index contributed by atoms with van der Waals surface area (Å²) in [4.78, 5) is 27.2. The molecule has 7 heteroatoms. The molecule has 0 amide bonds. The number of rotatable bonds is 43. The second kappa shape index (κ2) is 40.8. The molecule has 0 rings (SSSR count). The first-order chi connectivity index (χ1) is 26.8. The van der Waals surface area contributed by atoms with Crippen LogP contribution >= 0.6 is 0 Å². The van der Waals surface area contributed by atoms with E-state index in [2.05, 4.69) is 39.5 Å². The highest BCUT2D eigenvalue weighted by atomic mass is 16.7. The van der Waals surface area contributed by atoms with Gasteiger partial charge in [-0.2, -0.15) is 0 Å². The van der Waals surface area contributed by atoms with Crippen LogP contribution in [0.4, 0.5) is 4.79 Å². The van der Waals surface area contributed by atoms with Crippen LogP contribution in [0.15, 0.2) is 0 Å². The molecular formula is C48H95NO6. The van der Waals surface area contributed by atoms with Gasteiger partial charge in [-0.25, -0.2) is 4.79 Å². The average molecular weight is 782 g/mol. The summed E-state index contributed by atoms with van der Waals surface area (Å²) >= 11 is 0. The van der Waals surface area contributed by atoms with E-state index < -0.39 is 6.16 Å². The molecule has 0 spiro atoms. The van der Waals surface area contributed by atoms with Crippen molar-refractivity contribution in [3.05, 3.63) is 0 Å². The lowest BCUT2D eigenvalue weighted by Crippen LogP contribution is -2.27. The van der Waals surface area contributed by atoms with E-state index in [4.69, 9.17) is 14.2 Å². The van der Waals surface area contributed by atoms with Gasteiger partial charge in [0.05, 0.1) is 19.8 Å². The van der Waals surface area contributed by atoms with Crippen molar-refractivity contribution in [1.29, 1.82) is 0 Å². The molecule has 0 heterocycles. The second-order valence-corrected chi connectivity index (χ2v) is 17.6. The zero-order chi connectivity index (χ0) is 40.5. The molecule has 0 aliphatic rings. The van der Waals surface area contributed by atoms with Crippen molar-refractivity contribution in [2.75, 3.05) is 46.1 Å². The Morgan fingerprint density at radius 2 is 0.982 bits per heavy atom. The lowest BCUT2D eigenvalue weighted by Gasteiger charge is -2.25. The Kier molecular flexibility index (Phi) is 39.8. The number of aliphatic hydroxyl groups excluding tert-OH is 1. The third-order valence-corrected chi connectivity index (χ3v) is 11.3. The zero-order valence-electron chi connectivity index (χ0n) is 37.6. The summed E-state index contributed by atoms with van der Waals surface area (Å²) in [6.45, 7) is 16.1. The molecule has 1 N–H and O–H groups in total. The molecule has 0 bridgehead atoms. The Morgan fingerprint density at radius 1 is 0.527 bits per heavy atom. The van der Waals surface area contributed by atoms with Gasteiger partial charge in [0.15, 0.2) is 0 Å². The topological polar surface area (TPSA) is 85.3 Å². The van der Waals surface area contributed by atoms with E-state index in [-0.39, 0.29) is 18.0 Å². The third-order valence-electron chi connectivity index (χ3n) is 11.3. The van der Waals surface area contributed by atoms with Gasteiger partial charge < -0.3 is 24.2 Å². The van der Waals surface area contributed by atoms with E-state index in [0.29, 0.717) is 32.2 Å². The number of nitrogens with zero attached hydrogens (tertiary/aromatic N) is 1. The Labute approximate surface area is 342 Å². The second-order valence-electron chi connectivity index (χ2n) is 17.6. The number of carbonyl (C=O) groups is 2. The van der Waals surface area contributed by atoms with Crippen LogP contribution in [0.3, 0.4) is 0 Å². The molecule has 55 heavy (non-hydrogen) atoms. The van der Waals surface area contributed by atoms with Crippen molar-refractivity contribution in [1.82, 2.24) is 4.90 Å². The highest BCUT2D eigenvalue weighted by Gasteiger charge is 2.20. The quantitative estimate of drug-likeness (QED) is 0.0487. The molecule has 0 aliphatic carbocycles. The number of unbranched alkanes of at least 4 members (excludes halogenated alkanes) is 22. The fraction of sp³-hybridized carbons (Fsp3) is 0.958. The Morgan fingerprint density at radius 3 is 1.53 bits per heavy atom. The van der Waals surface area contributed by atoms with Crippen LogP contribution in [0, 0.1) is 11.3 Å². The molecule has 0 unspecified atom stereocenters. The molecule has 328 valence electrons. The predicted molar refractivity (Wildman–Crippen MR) is 234 cm³/mol. The number of hydrogen-bond donors (Lipinski definition) is 1. The number of esters is 1. The van der Waals surface area contributed by atoms with Gasteiger partial charge in [0, 0.05) is 13.0 Å². The maximum Gasteiger partial charge on any atom is 0.508 e. The van der Waals surface area contributed by atoms with E-state index in [1.165, 1.54) is 122 Å². The fourth-order valence-corrected chi connectivity index (χ4v) is 7.46. The number of aliphatic hydroxyl groups is 1. The van der Waals surface area contributed by atoms with Crippen LogP contribution in [-0.2, 0) is 19.0 Å². The summed E-state index contributed by atoms with van der Waals surface area (Å²) in [5.74, 6) is 0.421. The molecule has 0 saturated carbocycles. The molecule has 0 aromatic rings. The Bertz CT molecular complexity index is 804. The SMILES string of the molecule is CCCCCCCCCC(=O)OCC(C)(C)CCCCCN(CCCCO)CCCCCCOC(=O)OCC(CCCCCCCC)CCCCCCCC. The predicted octanol–water partition coefficient (Wildman–Crippen LogP) is 14.2. The largest absolute Gasteiger partial charge is 0.508 e. The molecule has 0 aromatic carbocycles. The van der Waals surface area contributed by atoms with Crippen molar-refractivity contribution < 1.29 is 28.9 Å². The third kappa shape index (κ3) is 39.3. The van der Waals surface area contributed by atoms with Crippen LogP contribution in [-0.4, -0.2) is 68.2 Å². The van der Waals surface area contributed by atoms with Crippen molar-refractivity contribution in [2.45, 2.75) is 240 Å². The van der Waals surface area contributed by atoms with Crippen LogP contribution in [0.25, 0.3) is 0 Å². The van der Waals surface area contributed by atoms with E-state index in [0.717, 1.165) is 96.7 Å². The van der Waals surface area contributed by atoms with Gasteiger partial charge >= 0.3 is 12.1 Å². The standard InChI is InChI=1S/C48H95NO6/c1-6-9-12-15-18-21-27-36-46(51)55-44-48(4,5)37-28-24-30-39-49(40-31-32-41-50)38-29-22-23-33-42-53-47(52)54-43-45(34-25-19-16-13-10-7-2)35-26-20-17-14-11-8-3/h45,50H,6-44H2,1-5H3.